The lowest BCUT2D eigenvalue weighted by Gasteiger charge is -2.44. The molecule has 0 aliphatic carbocycles. The van der Waals surface area contributed by atoms with Gasteiger partial charge in [-0.2, -0.15) is 0 Å². The van der Waals surface area contributed by atoms with Crippen LogP contribution in [-0.2, 0) is 0 Å². The fourth-order valence-electron chi connectivity index (χ4n) is 0.734. The van der Waals surface area contributed by atoms with Gasteiger partial charge in [0.15, 0.2) is 0 Å². The fraction of sp³-hybridized carbons (Fsp3) is 1.00. The Bertz CT molecular complexity index is 82.9. The van der Waals surface area contributed by atoms with Crippen LogP contribution in [0.15, 0.2) is 0 Å². The van der Waals surface area contributed by atoms with Gasteiger partial charge in [0, 0.05) is 13.1 Å². The second-order valence-electron chi connectivity index (χ2n) is 2.50. The lowest BCUT2D eigenvalue weighted by Crippen LogP contribution is -2.36. The summed E-state index contributed by atoms with van der Waals surface area (Å²) in [5.74, 6) is 0. The van der Waals surface area contributed by atoms with Crippen LogP contribution in [0.2, 0.25) is 0 Å². The molecule has 1 heterocycles. The first-order chi connectivity index (χ1) is 3.61. The van der Waals surface area contributed by atoms with Gasteiger partial charge in [0.2, 0.25) is 0 Å². The van der Waals surface area contributed by atoms with Crippen molar-refractivity contribution in [3.8, 4) is 0 Å². The summed E-state index contributed by atoms with van der Waals surface area (Å²) < 4.78 is 2.44. The Labute approximate surface area is 57.7 Å². The first kappa shape index (κ1) is 6.78. The van der Waals surface area contributed by atoms with Crippen molar-refractivity contribution in [2.45, 2.75) is 6.42 Å². The normalized spacial score (nSPS) is 24.9. The molecule has 1 aliphatic rings. The molecule has 1 rings (SSSR count). The molecular formula is C5H13NS2. The molecule has 0 aromatic carbocycles. The smallest absolute Gasteiger partial charge is 0.00941 e. The molecule has 0 aromatic rings. The largest absolute Gasteiger partial charge is 0.260 e. The third kappa shape index (κ3) is 1.33. The Balaban J connectivity index is 2.34. The van der Waals surface area contributed by atoms with Crippen LogP contribution in [0.1, 0.15) is 6.42 Å². The maximum Gasteiger partial charge on any atom is 0.00941 e. The van der Waals surface area contributed by atoms with Crippen LogP contribution in [-0.4, -0.2) is 29.9 Å². The van der Waals surface area contributed by atoms with Crippen molar-refractivity contribution in [3.05, 3.63) is 0 Å². The van der Waals surface area contributed by atoms with Gasteiger partial charge in [0.25, 0.3) is 0 Å². The molecule has 50 valence electrons. The number of hydrogen-bond donors (Lipinski definition) is 1. The standard InChI is InChI=1S/C5H13NS2/c1-8(2,7)6-4-3-5-6/h7H,3-5H2,1-2H3. The van der Waals surface area contributed by atoms with E-state index in [-0.39, 0.29) is 0 Å². The molecule has 1 fully saturated rings. The van der Waals surface area contributed by atoms with Gasteiger partial charge in [0.05, 0.1) is 0 Å². The van der Waals surface area contributed by atoms with Crippen LogP contribution in [0.25, 0.3) is 0 Å². The Morgan fingerprint density at radius 1 is 1.38 bits per heavy atom. The van der Waals surface area contributed by atoms with Crippen LogP contribution in [0.5, 0.6) is 0 Å². The maximum absolute atomic E-state index is 4.49. The molecule has 0 unspecified atom stereocenters. The van der Waals surface area contributed by atoms with E-state index < -0.39 is 9.25 Å². The third-order valence-corrected chi connectivity index (χ3v) is 3.77. The molecule has 0 aromatic heterocycles. The van der Waals surface area contributed by atoms with Crippen LogP contribution in [0.4, 0.5) is 0 Å². The molecule has 0 spiro atoms. The number of hydrogen-bond acceptors (Lipinski definition) is 2. The third-order valence-electron chi connectivity index (χ3n) is 1.45. The zero-order valence-electron chi connectivity index (χ0n) is 5.42. The molecule has 0 saturated carbocycles. The van der Waals surface area contributed by atoms with Crippen molar-refractivity contribution >= 4 is 20.9 Å². The quantitative estimate of drug-likeness (QED) is 0.439. The van der Waals surface area contributed by atoms with Gasteiger partial charge in [-0.25, -0.2) is 0 Å². The molecule has 0 radical (unpaired) electrons. The van der Waals surface area contributed by atoms with Crippen molar-refractivity contribution in [3.63, 3.8) is 0 Å². The summed E-state index contributed by atoms with van der Waals surface area (Å²) in [5.41, 5.74) is 0. The van der Waals surface area contributed by atoms with E-state index in [1.54, 1.807) is 0 Å². The van der Waals surface area contributed by atoms with Crippen molar-refractivity contribution in [2.75, 3.05) is 25.6 Å². The minimum absolute atomic E-state index is 0.638. The van der Waals surface area contributed by atoms with E-state index in [0.29, 0.717) is 0 Å². The molecule has 1 saturated heterocycles. The molecule has 0 N–H and O–H groups in total. The zero-order valence-corrected chi connectivity index (χ0v) is 7.13. The minimum atomic E-state index is -0.638. The molecule has 1 aliphatic heterocycles. The van der Waals surface area contributed by atoms with E-state index >= 15 is 0 Å². The molecule has 8 heavy (non-hydrogen) atoms. The summed E-state index contributed by atoms with van der Waals surface area (Å²) in [6.07, 6.45) is 5.81. The van der Waals surface area contributed by atoms with E-state index in [0.717, 1.165) is 0 Å². The van der Waals surface area contributed by atoms with Crippen LogP contribution in [0, 0.1) is 0 Å². The highest BCUT2D eigenvalue weighted by atomic mass is 33.1. The van der Waals surface area contributed by atoms with E-state index in [9.17, 15) is 0 Å². The van der Waals surface area contributed by atoms with Crippen molar-refractivity contribution in [1.29, 1.82) is 0 Å². The van der Waals surface area contributed by atoms with Crippen molar-refractivity contribution in [2.24, 2.45) is 0 Å². The average molecular weight is 151 g/mol. The first-order valence-electron chi connectivity index (χ1n) is 2.81. The Hall–Kier alpha value is 0.660. The lowest BCUT2D eigenvalue weighted by molar-refractivity contribution is 0.339. The highest BCUT2D eigenvalue weighted by molar-refractivity contribution is 8.86. The van der Waals surface area contributed by atoms with Crippen LogP contribution < -0.4 is 0 Å². The summed E-state index contributed by atoms with van der Waals surface area (Å²) >= 11 is 4.49. The fourth-order valence-corrected chi connectivity index (χ4v) is 2.38. The second-order valence-corrected chi connectivity index (χ2v) is 8.14. The monoisotopic (exact) mass is 151 g/mol. The summed E-state index contributed by atoms with van der Waals surface area (Å²) in [5, 5.41) is 0. The van der Waals surface area contributed by atoms with E-state index in [1.165, 1.54) is 19.5 Å². The molecule has 0 atom stereocenters. The summed E-state index contributed by atoms with van der Waals surface area (Å²) in [6.45, 7) is 2.54. The predicted molar refractivity (Wildman–Crippen MR) is 44.6 cm³/mol. The van der Waals surface area contributed by atoms with Gasteiger partial charge in [0.1, 0.15) is 0 Å². The Morgan fingerprint density at radius 3 is 1.88 bits per heavy atom. The van der Waals surface area contributed by atoms with E-state index in [1.807, 2.05) is 0 Å². The summed E-state index contributed by atoms with van der Waals surface area (Å²) in [6, 6.07) is 0. The van der Waals surface area contributed by atoms with Gasteiger partial charge in [-0.05, 0) is 18.9 Å². The summed E-state index contributed by atoms with van der Waals surface area (Å²) in [4.78, 5) is 0. The van der Waals surface area contributed by atoms with Crippen molar-refractivity contribution < 1.29 is 0 Å². The Kier molecular flexibility index (Phi) is 1.80. The molecule has 0 amide bonds. The zero-order chi connectivity index (χ0) is 6.20. The average Bonchev–Trinajstić information content (AvgIpc) is 1.16. The predicted octanol–water partition coefficient (Wildman–Crippen LogP) is 1.52. The maximum atomic E-state index is 4.49. The number of thiol groups is 1. The van der Waals surface area contributed by atoms with Gasteiger partial charge >= 0.3 is 0 Å². The number of rotatable bonds is 1. The highest BCUT2D eigenvalue weighted by Crippen LogP contribution is 2.50. The molecule has 1 nitrogen and oxygen atoms in total. The molecule has 0 bridgehead atoms. The van der Waals surface area contributed by atoms with E-state index in [4.69, 9.17) is 0 Å². The highest BCUT2D eigenvalue weighted by Gasteiger charge is 2.22. The topological polar surface area (TPSA) is 3.24 Å². The van der Waals surface area contributed by atoms with Gasteiger partial charge < -0.3 is 0 Å². The van der Waals surface area contributed by atoms with Gasteiger partial charge in [-0.1, -0.05) is 0 Å². The second kappa shape index (κ2) is 2.12. The first-order valence-corrected chi connectivity index (χ1v) is 6.27. The van der Waals surface area contributed by atoms with Crippen molar-refractivity contribution in [1.82, 2.24) is 4.31 Å². The SMILES string of the molecule is CS(C)(S)N1CCC1. The minimum Gasteiger partial charge on any atom is -0.260 e. The van der Waals surface area contributed by atoms with Crippen LogP contribution in [0.3, 0.4) is 0 Å². The van der Waals surface area contributed by atoms with E-state index in [2.05, 4.69) is 28.5 Å². The molecular weight excluding hydrogens is 138 g/mol. The number of nitrogens with zero attached hydrogens (tertiary/aromatic N) is 1. The molecule has 3 heteroatoms. The van der Waals surface area contributed by atoms with Gasteiger partial charge in [-0.15, -0.1) is 20.9 Å². The summed E-state index contributed by atoms with van der Waals surface area (Å²) in [7, 11) is -0.638. The van der Waals surface area contributed by atoms with Crippen LogP contribution >= 0.6 is 20.9 Å². The van der Waals surface area contributed by atoms with Gasteiger partial charge in [-0.3, -0.25) is 4.31 Å². The lowest BCUT2D eigenvalue weighted by atomic mass is 10.3. The Morgan fingerprint density at radius 2 is 1.88 bits per heavy atom.